The summed E-state index contributed by atoms with van der Waals surface area (Å²) in [5.41, 5.74) is 1.38. The van der Waals surface area contributed by atoms with Crippen molar-refractivity contribution in [3.8, 4) is 17.2 Å². The Hall–Kier alpha value is -3.85. The summed E-state index contributed by atoms with van der Waals surface area (Å²) in [5.74, 6) is 0.617. The van der Waals surface area contributed by atoms with Crippen LogP contribution in [-0.2, 0) is 4.79 Å². The predicted molar refractivity (Wildman–Crippen MR) is 121 cm³/mol. The number of nitrogens with one attached hydrogen (secondary N) is 3. The quantitative estimate of drug-likeness (QED) is 0.438. The maximum atomic E-state index is 12.5. The van der Waals surface area contributed by atoms with Crippen LogP contribution < -0.4 is 30.2 Å². The van der Waals surface area contributed by atoms with Crippen molar-refractivity contribution in [3.05, 3.63) is 59.5 Å². The van der Waals surface area contributed by atoms with Gasteiger partial charge in [-0.3, -0.25) is 9.59 Å². The van der Waals surface area contributed by atoms with Crippen LogP contribution in [0.15, 0.2) is 53.1 Å². The minimum Gasteiger partial charge on any atom is -0.493 e. The van der Waals surface area contributed by atoms with Crippen molar-refractivity contribution < 1.29 is 28.2 Å². The lowest BCUT2D eigenvalue weighted by Gasteiger charge is -2.15. The van der Waals surface area contributed by atoms with Crippen LogP contribution in [0.25, 0.3) is 0 Å². The molecule has 1 heterocycles. The lowest BCUT2D eigenvalue weighted by Crippen LogP contribution is -2.22. The average Bonchev–Trinajstić information content (AvgIpc) is 3.33. The van der Waals surface area contributed by atoms with Gasteiger partial charge in [0.1, 0.15) is 0 Å². The topological polar surface area (TPSA) is 111 Å². The van der Waals surface area contributed by atoms with Gasteiger partial charge in [-0.15, -0.1) is 0 Å². The Kier molecular flexibility index (Phi) is 7.45. The molecule has 2 amide bonds. The molecule has 1 aromatic heterocycles. The van der Waals surface area contributed by atoms with Crippen LogP contribution in [0.2, 0.25) is 5.02 Å². The lowest BCUT2D eigenvalue weighted by atomic mass is 10.2. The van der Waals surface area contributed by atoms with E-state index >= 15 is 0 Å². The maximum absolute atomic E-state index is 12.5. The van der Waals surface area contributed by atoms with Gasteiger partial charge in [0.05, 0.1) is 45.5 Å². The van der Waals surface area contributed by atoms with Gasteiger partial charge in [-0.1, -0.05) is 11.6 Å². The van der Waals surface area contributed by atoms with E-state index in [1.165, 1.54) is 33.7 Å². The van der Waals surface area contributed by atoms with Crippen molar-refractivity contribution in [2.45, 2.75) is 0 Å². The van der Waals surface area contributed by atoms with Gasteiger partial charge in [-0.05, 0) is 30.3 Å². The summed E-state index contributed by atoms with van der Waals surface area (Å²) in [7, 11) is 4.48. The summed E-state index contributed by atoms with van der Waals surface area (Å²) in [6.45, 7) is -0.0814. The zero-order valence-electron chi connectivity index (χ0n) is 17.7. The SMILES string of the molecule is COc1cc(NC(=O)CNc2ccc(Cl)cc2NC(=O)c2ccco2)cc(OC)c1OC. The molecule has 168 valence electrons. The summed E-state index contributed by atoms with van der Waals surface area (Å²) < 4.78 is 21.0. The highest BCUT2D eigenvalue weighted by Crippen LogP contribution is 2.39. The zero-order chi connectivity index (χ0) is 23.1. The minimum atomic E-state index is -0.442. The molecule has 32 heavy (non-hydrogen) atoms. The molecule has 3 rings (SSSR count). The summed E-state index contributed by atoms with van der Waals surface area (Å²) in [6, 6.07) is 11.3. The number of methoxy groups -OCH3 is 3. The molecule has 3 N–H and O–H groups in total. The number of carbonyl (C=O) groups is 2. The second-order valence-corrected chi connectivity index (χ2v) is 6.87. The van der Waals surface area contributed by atoms with Crippen LogP contribution in [0.1, 0.15) is 10.6 Å². The van der Waals surface area contributed by atoms with E-state index in [1.54, 1.807) is 36.4 Å². The Labute approximate surface area is 189 Å². The number of hydrogen-bond acceptors (Lipinski definition) is 7. The smallest absolute Gasteiger partial charge is 0.291 e. The van der Waals surface area contributed by atoms with Crippen LogP contribution in [-0.4, -0.2) is 39.7 Å². The van der Waals surface area contributed by atoms with Crippen LogP contribution >= 0.6 is 11.6 Å². The van der Waals surface area contributed by atoms with Gasteiger partial charge < -0.3 is 34.6 Å². The van der Waals surface area contributed by atoms with Crippen LogP contribution in [0.5, 0.6) is 17.2 Å². The molecule has 0 saturated heterocycles. The highest BCUT2D eigenvalue weighted by Gasteiger charge is 2.16. The molecule has 10 heteroatoms. The predicted octanol–water partition coefficient (Wildman–Crippen LogP) is 4.26. The normalized spacial score (nSPS) is 10.2. The molecule has 0 unspecified atom stereocenters. The molecular formula is C22H22ClN3O6. The number of ether oxygens (including phenoxy) is 3. The fourth-order valence-corrected chi connectivity index (χ4v) is 3.07. The van der Waals surface area contributed by atoms with Crippen molar-refractivity contribution in [1.29, 1.82) is 0 Å². The second kappa shape index (κ2) is 10.5. The van der Waals surface area contributed by atoms with E-state index in [-0.39, 0.29) is 18.2 Å². The van der Waals surface area contributed by atoms with Gasteiger partial charge in [0.15, 0.2) is 17.3 Å². The van der Waals surface area contributed by atoms with E-state index in [9.17, 15) is 9.59 Å². The van der Waals surface area contributed by atoms with Gasteiger partial charge in [-0.2, -0.15) is 0 Å². The van der Waals surface area contributed by atoms with Crippen molar-refractivity contribution in [3.63, 3.8) is 0 Å². The standard InChI is InChI=1S/C22H22ClN3O6/c1-29-18-10-14(11-19(30-2)21(18)31-3)25-20(27)12-24-15-7-6-13(23)9-16(15)26-22(28)17-5-4-8-32-17/h4-11,24H,12H2,1-3H3,(H,25,27)(H,26,28). The van der Waals surface area contributed by atoms with E-state index in [0.29, 0.717) is 39.3 Å². The third-order valence-corrected chi connectivity index (χ3v) is 4.60. The van der Waals surface area contributed by atoms with Crippen molar-refractivity contribution in [2.75, 3.05) is 43.8 Å². The van der Waals surface area contributed by atoms with Gasteiger partial charge in [0, 0.05) is 22.8 Å². The first-order valence-electron chi connectivity index (χ1n) is 9.43. The average molecular weight is 460 g/mol. The van der Waals surface area contributed by atoms with E-state index in [2.05, 4.69) is 16.0 Å². The molecule has 0 spiro atoms. The number of furan rings is 1. The van der Waals surface area contributed by atoms with Crippen molar-refractivity contribution >= 4 is 40.5 Å². The number of anilines is 3. The molecule has 0 fully saturated rings. The Balaban J connectivity index is 1.69. The monoisotopic (exact) mass is 459 g/mol. The Morgan fingerprint density at radius 2 is 1.66 bits per heavy atom. The van der Waals surface area contributed by atoms with Gasteiger partial charge >= 0.3 is 0 Å². The summed E-state index contributed by atoms with van der Waals surface area (Å²) in [5, 5.41) is 8.88. The Morgan fingerprint density at radius 3 is 2.25 bits per heavy atom. The third kappa shape index (κ3) is 5.44. The number of carbonyl (C=O) groups excluding carboxylic acids is 2. The Morgan fingerprint density at radius 1 is 0.938 bits per heavy atom. The molecule has 0 atom stereocenters. The third-order valence-electron chi connectivity index (χ3n) is 4.36. The highest BCUT2D eigenvalue weighted by atomic mass is 35.5. The first-order valence-corrected chi connectivity index (χ1v) is 9.81. The van der Waals surface area contributed by atoms with Crippen LogP contribution in [0.4, 0.5) is 17.1 Å². The molecule has 0 aliphatic carbocycles. The van der Waals surface area contributed by atoms with Crippen molar-refractivity contribution in [1.82, 2.24) is 0 Å². The molecular weight excluding hydrogens is 438 g/mol. The van der Waals surface area contributed by atoms with Gasteiger partial charge in [0.25, 0.3) is 5.91 Å². The van der Waals surface area contributed by atoms with Crippen LogP contribution in [0, 0.1) is 0 Å². The van der Waals surface area contributed by atoms with E-state index in [1.807, 2.05) is 0 Å². The number of rotatable bonds is 9. The maximum Gasteiger partial charge on any atom is 0.291 e. The fraction of sp³-hybridized carbons (Fsp3) is 0.182. The summed E-state index contributed by atoms with van der Waals surface area (Å²) in [6.07, 6.45) is 1.40. The molecule has 0 radical (unpaired) electrons. The molecule has 0 aliphatic rings. The number of halogens is 1. The zero-order valence-corrected chi connectivity index (χ0v) is 18.4. The van der Waals surface area contributed by atoms with E-state index in [0.717, 1.165) is 0 Å². The van der Waals surface area contributed by atoms with Crippen molar-refractivity contribution in [2.24, 2.45) is 0 Å². The molecule has 3 aromatic rings. The minimum absolute atomic E-state index is 0.0814. The highest BCUT2D eigenvalue weighted by molar-refractivity contribution is 6.31. The molecule has 0 bridgehead atoms. The van der Waals surface area contributed by atoms with Gasteiger partial charge in [0.2, 0.25) is 11.7 Å². The molecule has 0 saturated carbocycles. The van der Waals surface area contributed by atoms with E-state index in [4.69, 9.17) is 30.2 Å². The fourth-order valence-electron chi connectivity index (χ4n) is 2.90. The summed E-state index contributed by atoms with van der Waals surface area (Å²) >= 11 is 6.06. The van der Waals surface area contributed by atoms with E-state index < -0.39 is 5.91 Å². The Bertz CT molecular complexity index is 1080. The molecule has 2 aromatic carbocycles. The van der Waals surface area contributed by atoms with Gasteiger partial charge in [-0.25, -0.2) is 0 Å². The second-order valence-electron chi connectivity index (χ2n) is 6.44. The first kappa shape index (κ1) is 22.8. The molecule has 0 aliphatic heterocycles. The molecule has 9 nitrogen and oxygen atoms in total. The summed E-state index contributed by atoms with van der Waals surface area (Å²) in [4.78, 5) is 24.8. The number of hydrogen-bond donors (Lipinski definition) is 3. The van der Waals surface area contributed by atoms with Crippen LogP contribution in [0.3, 0.4) is 0 Å². The number of benzene rings is 2. The lowest BCUT2D eigenvalue weighted by molar-refractivity contribution is -0.114. The largest absolute Gasteiger partial charge is 0.493 e. The first-order chi connectivity index (χ1) is 15.4. The number of amides is 2.